The average Bonchev–Trinajstić information content (AvgIpc) is 3.24. The summed E-state index contributed by atoms with van der Waals surface area (Å²) in [6.07, 6.45) is 3.51. The van der Waals surface area contributed by atoms with Crippen LogP contribution in [-0.4, -0.2) is 125 Å². The number of unbranched alkanes of at least 4 members (excludes halogenated alkanes) is 13. The first-order chi connectivity index (χ1) is 33.0. The number of carbonyl (C=O) groups is 10. The summed E-state index contributed by atoms with van der Waals surface area (Å²) in [5.41, 5.74) is 5.47. The quantitative estimate of drug-likeness (QED) is 0.0286. The third-order valence-corrected chi connectivity index (χ3v) is 11.2. The van der Waals surface area contributed by atoms with Crippen LogP contribution < -0.4 is 16.4 Å². The summed E-state index contributed by atoms with van der Waals surface area (Å²) >= 11 is 0. The molecule has 0 aliphatic heterocycles. The van der Waals surface area contributed by atoms with Gasteiger partial charge in [0, 0.05) is 54.4 Å². The lowest BCUT2D eigenvalue weighted by molar-refractivity contribution is -0.219. The molecular weight excluding hydrogens is 919 g/mol. The lowest BCUT2D eigenvalue weighted by Crippen LogP contribution is -2.58. The summed E-state index contributed by atoms with van der Waals surface area (Å²) in [6.45, 7) is 10.0. The Labute approximate surface area is 413 Å². The van der Waals surface area contributed by atoms with Crippen LogP contribution in [0, 0.1) is 5.92 Å². The smallest absolute Gasteiger partial charge is 0.326 e. The van der Waals surface area contributed by atoms with E-state index in [1.807, 2.05) is 0 Å². The van der Waals surface area contributed by atoms with E-state index < -0.39 is 108 Å². The number of nitrogens with one attached hydrogen (secondary N) is 2. The fourth-order valence-electron chi connectivity index (χ4n) is 7.94. The number of ether oxygens (including phenoxy) is 6. The highest BCUT2D eigenvalue weighted by atomic mass is 16.6. The molecule has 402 valence electrons. The molecule has 0 aromatic rings. The average molecular weight is 1000 g/mol. The van der Waals surface area contributed by atoms with Crippen LogP contribution in [-0.2, 0) is 76.4 Å². The van der Waals surface area contributed by atoms with Gasteiger partial charge in [-0.3, -0.25) is 38.4 Å². The second-order valence-electron chi connectivity index (χ2n) is 18.0. The maximum atomic E-state index is 12.8. The van der Waals surface area contributed by atoms with Gasteiger partial charge in [0.25, 0.3) is 0 Å². The Morgan fingerprint density at radius 1 is 0.400 bits per heavy atom. The van der Waals surface area contributed by atoms with Crippen LogP contribution >= 0.6 is 0 Å². The first kappa shape index (κ1) is 64.7. The van der Waals surface area contributed by atoms with Gasteiger partial charge in [-0.05, 0) is 63.8 Å². The first-order valence-corrected chi connectivity index (χ1v) is 24.8. The second-order valence-corrected chi connectivity index (χ2v) is 18.0. The van der Waals surface area contributed by atoms with Crippen LogP contribution in [0.25, 0.3) is 0 Å². The fraction of sp³-hybridized carbons (Fsp3) is 0.796. The van der Waals surface area contributed by atoms with Crippen molar-refractivity contribution in [2.75, 3.05) is 6.54 Å². The summed E-state index contributed by atoms with van der Waals surface area (Å²) in [4.78, 5) is 124. The molecule has 0 fully saturated rings. The second kappa shape index (κ2) is 37.5. The number of rotatable bonds is 40. The van der Waals surface area contributed by atoms with Gasteiger partial charge in [-0.1, -0.05) is 84.5 Å². The molecule has 0 spiro atoms. The number of aliphatic carboxylic acids is 2. The molecule has 0 saturated carbocycles. The summed E-state index contributed by atoms with van der Waals surface area (Å²) in [7, 11) is 0. The Hall–Kier alpha value is -5.34. The molecular formula is C49H83N3O18. The molecule has 0 aliphatic rings. The molecule has 0 rings (SSSR count). The number of carboxylic acid groups (broad SMARTS) is 2. The van der Waals surface area contributed by atoms with E-state index in [2.05, 4.69) is 10.6 Å². The molecule has 0 aliphatic carbocycles. The molecule has 0 bridgehead atoms. The minimum absolute atomic E-state index is 0.0672. The predicted octanol–water partition coefficient (Wildman–Crippen LogP) is 5.52. The van der Waals surface area contributed by atoms with E-state index in [1.165, 1.54) is 0 Å². The molecule has 0 aromatic heterocycles. The maximum absolute atomic E-state index is 12.8. The van der Waals surface area contributed by atoms with Crippen LogP contribution in [0.3, 0.4) is 0 Å². The van der Waals surface area contributed by atoms with Gasteiger partial charge in [-0.15, -0.1) is 0 Å². The number of amides is 2. The number of hydrogen-bond donors (Lipinski definition) is 5. The SMILES string of the molecule is CC(=O)O[C@H]([C@@H](OC(C)=O)[C@@H](OC(C)=O)[C@@H](CCCCCCCCCCCCCCCC(=O)N[C@@H](CCCCN)C(=O)O)OC(C)=O)[C@@H](OC(C)=O)[C@H](CCCC(=O)N[C@H](C(=O)O)C(C)C)OC(C)=O. The molecule has 6 N–H and O–H groups in total. The van der Waals surface area contributed by atoms with E-state index in [4.69, 9.17) is 34.2 Å². The van der Waals surface area contributed by atoms with E-state index in [9.17, 15) is 58.2 Å². The van der Waals surface area contributed by atoms with Gasteiger partial charge in [-0.2, -0.15) is 0 Å². The topological polar surface area (TPSA) is 317 Å². The number of carbonyl (C=O) groups excluding carboxylic acids is 8. The van der Waals surface area contributed by atoms with E-state index in [0.717, 1.165) is 106 Å². The molecule has 0 saturated heterocycles. The molecule has 0 heterocycles. The Bertz CT molecular complexity index is 1640. The van der Waals surface area contributed by atoms with Crippen molar-refractivity contribution < 1.29 is 86.6 Å². The number of carboxylic acids is 2. The molecule has 0 radical (unpaired) electrons. The number of nitrogens with two attached hydrogens (primary N) is 1. The van der Waals surface area contributed by atoms with E-state index in [0.29, 0.717) is 51.5 Å². The lowest BCUT2D eigenvalue weighted by Gasteiger charge is -2.40. The van der Waals surface area contributed by atoms with Gasteiger partial charge < -0.3 is 55.0 Å². The van der Waals surface area contributed by atoms with Gasteiger partial charge >= 0.3 is 47.8 Å². The van der Waals surface area contributed by atoms with Gasteiger partial charge in [0.05, 0.1) is 0 Å². The fourth-order valence-corrected chi connectivity index (χ4v) is 7.94. The molecule has 21 heteroatoms. The Balaban J connectivity index is 5.77. The molecule has 70 heavy (non-hydrogen) atoms. The predicted molar refractivity (Wildman–Crippen MR) is 253 cm³/mol. The van der Waals surface area contributed by atoms with Gasteiger partial charge in [0.15, 0.2) is 24.4 Å². The first-order valence-electron chi connectivity index (χ1n) is 24.8. The highest BCUT2D eigenvalue weighted by Crippen LogP contribution is 2.29. The van der Waals surface area contributed by atoms with Crippen molar-refractivity contribution in [1.29, 1.82) is 0 Å². The Morgan fingerprint density at radius 3 is 1.09 bits per heavy atom. The monoisotopic (exact) mass is 1000 g/mol. The van der Waals surface area contributed by atoms with E-state index in [1.54, 1.807) is 13.8 Å². The molecule has 2 amide bonds. The summed E-state index contributed by atoms with van der Waals surface area (Å²) < 4.78 is 33.9. The van der Waals surface area contributed by atoms with Crippen LogP contribution in [0.5, 0.6) is 0 Å². The molecule has 8 atom stereocenters. The lowest BCUT2D eigenvalue weighted by atomic mass is 9.91. The van der Waals surface area contributed by atoms with Crippen molar-refractivity contribution in [1.82, 2.24) is 10.6 Å². The minimum Gasteiger partial charge on any atom is -0.480 e. The van der Waals surface area contributed by atoms with Crippen molar-refractivity contribution in [3.8, 4) is 0 Å². The van der Waals surface area contributed by atoms with Gasteiger partial charge in [0.2, 0.25) is 11.8 Å². The Kier molecular flexibility index (Phi) is 34.6. The van der Waals surface area contributed by atoms with Crippen LogP contribution in [0.15, 0.2) is 0 Å². The van der Waals surface area contributed by atoms with Gasteiger partial charge in [-0.25, -0.2) is 9.59 Å². The highest BCUT2D eigenvalue weighted by molar-refractivity contribution is 5.84. The molecule has 0 aromatic carbocycles. The third-order valence-electron chi connectivity index (χ3n) is 11.2. The summed E-state index contributed by atoms with van der Waals surface area (Å²) in [5.74, 6) is -9.01. The molecule has 0 unspecified atom stereocenters. The zero-order chi connectivity index (χ0) is 53.2. The van der Waals surface area contributed by atoms with Crippen LogP contribution in [0.4, 0.5) is 0 Å². The van der Waals surface area contributed by atoms with Crippen LogP contribution in [0.2, 0.25) is 0 Å². The van der Waals surface area contributed by atoms with Crippen molar-refractivity contribution in [2.45, 2.75) is 239 Å². The van der Waals surface area contributed by atoms with Crippen molar-refractivity contribution in [3.63, 3.8) is 0 Å². The van der Waals surface area contributed by atoms with Crippen molar-refractivity contribution in [3.05, 3.63) is 0 Å². The largest absolute Gasteiger partial charge is 0.480 e. The minimum atomic E-state index is -1.85. The third kappa shape index (κ3) is 31.0. The number of hydrogen-bond acceptors (Lipinski definition) is 17. The van der Waals surface area contributed by atoms with Crippen molar-refractivity contribution >= 4 is 59.6 Å². The zero-order valence-corrected chi connectivity index (χ0v) is 42.8. The van der Waals surface area contributed by atoms with Crippen LogP contribution in [0.1, 0.15) is 190 Å². The highest BCUT2D eigenvalue weighted by Gasteiger charge is 2.50. The van der Waals surface area contributed by atoms with Crippen molar-refractivity contribution in [2.24, 2.45) is 11.7 Å². The summed E-state index contributed by atoms with van der Waals surface area (Å²) in [6, 6.07) is -2.07. The van der Waals surface area contributed by atoms with E-state index in [-0.39, 0.29) is 31.6 Å². The normalized spacial score (nSPS) is 14.5. The standard InChI is InChI=1S/C49H83N3O18/c1-31(2)43(49(63)64)52-42(60)29-24-27-40(66-33(4)54)45(68-35(6)56)47(70-37(8)58)46(69-36(7)57)44(67-34(5)55)39(65-32(3)53)26-20-18-16-14-12-10-9-11-13-15-17-19-21-28-41(59)51-38(48(61)62)25-22-23-30-50/h31,38-40,43-47H,9-30,50H2,1-8H3,(H,51,59)(H,52,60)(H,61,62)(H,63,64)/t38-,39+,40-,43-,44-,45-,46-,47-/m0/s1. The number of esters is 6. The molecule has 21 nitrogen and oxygen atoms in total. The summed E-state index contributed by atoms with van der Waals surface area (Å²) in [5, 5.41) is 23.9. The Morgan fingerprint density at radius 2 is 0.729 bits per heavy atom. The maximum Gasteiger partial charge on any atom is 0.326 e. The van der Waals surface area contributed by atoms with Gasteiger partial charge in [0.1, 0.15) is 24.3 Å². The zero-order valence-electron chi connectivity index (χ0n) is 42.8. The van der Waals surface area contributed by atoms with E-state index >= 15 is 0 Å².